The average Bonchev–Trinajstić information content (AvgIpc) is 2.43. The number of hydrogen-bond donors (Lipinski definition) is 2. The van der Waals surface area contributed by atoms with Gasteiger partial charge in [0.2, 0.25) is 0 Å². The lowest BCUT2D eigenvalue weighted by Crippen LogP contribution is -2.11. The van der Waals surface area contributed by atoms with Crippen LogP contribution in [-0.2, 0) is 0 Å². The summed E-state index contributed by atoms with van der Waals surface area (Å²) in [5.41, 5.74) is 3.79. The van der Waals surface area contributed by atoms with E-state index >= 15 is 0 Å². The first kappa shape index (κ1) is 14.9. The van der Waals surface area contributed by atoms with Gasteiger partial charge in [0.05, 0.1) is 5.56 Å². The summed E-state index contributed by atoms with van der Waals surface area (Å²) in [7, 11) is 0. The van der Waals surface area contributed by atoms with Crippen LogP contribution < -0.4 is 10.1 Å². The average molecular weight is 285 g/mol. The van der Waals surface area contributed by atoms with Crippen molar-refractivity contribution in [2.45, 2.75) is 13.8 Å². The van der Waals surface area contributed by atoms with Crippen LogP contribution in [0.1, 0.15) is 21.5 Å². The van der Waals surface area contributed by atoms with Gasteiger partial charge >= 0.3 is 5.97 Å². The van der Waals surface area contributed by atoms with E-state index in [-0.39, 0.29) is 5.56 Å². The van der Waals surface area contributed by atoms with Crippen molar-refractivity contribution in [2.24, 2.45) is 0 Å². The van der Waals surface area contributed by atoms with Crippen LogP contribution in [0.3, 0.4) is 0 Å². The molecule has 110 valence electrons. The Labute approximate surface area is 124 Å². The van der Waals surface area contributed by atoms with Crippen molar-refractivity contribution in [1.29, 1.82) is 0 Å². The van der Waals surface area contributed by atoms with E-state index in [1.54, 1.807) is 12.1 Å². The van der Waals surface area contributed by atoms with Gasteiger partial charge in [-0.2, -0.15) is 0 Å². The zero-order chi connectivity index (χ0) is 15.2. The molecule has 4 nitrogen and oxygen atoms in total. The summed E-state index contributed by atoms with van der Waals surface area (Å²) >= 11 is 0. The van der Waals surface area contributed by atoms with E-state index in [4.69, 9.17) is 9.84 Å². The standard InChI is InChI=1S/C17H19NO3/c1-12-9-13(2)11-15(10-12)18-7-8-21-16-5-3-14(4-6-16)17(19)20/h3-6,9-11,18H,7-8H2,1-2H3,(H,19,20). The SMILES string of the molecule is Cc1cc(C)cc(NCCOc2ccc(C(=O)O)cc2)c1. The van der Waals surface area contributed by atoms with Crippen molar-refractivity contribution in [1.82, 2.24) is 0 Å². The zero-order valence-corrected chi connectivity index (χ0v) is 12.2. The van der Waals surface area contributed by atoms with Crippen molar-refractivity contribution in [3.05, 3.63) is 59.2 Å². The smallest absolute Gasteiger partial charge is 0.335 e. The Bertz CT molecular complexity index is 600. The Balaban J connectivity index is 1.80. The third-order valence-electron chi connectivity index (χ3n) is 3.02. The highest BCUT2D eigenvalue weighted by atomic mass is 16.5. The number of ether oxygens (including phenoxy) is 1. The molecule has 0 saturated carbocycles. The first-order valence-corrected chi connectivity index (χ1v) is 6.83. The van der Waals surface area contributed by atoms with Crippen LogP contribution >= 0.6 is 0 Å². The molecule has 2 aromatic carbocycles. The molecule has 21 heavy (non-hydrogen) atoms. The lowest BCUT2D eigenvalue weighted by atomic mass is 10.1. The molecule has 0 aromatic heterocycles. The molecule has 0 radical (unpaired) electrons. The lowest BCUT2D eigenvalue weighted by Gasteiger charge is -2.10. The fourth-order valence-corrected chi connectivity index (χ4v) is 2.13. The van der Waals surface area contributed by atoms with Gasteiger partial charge in [-0.3, -0.25) is 0 Å². The summed E-state index contributed by atoms with van der Waals surface area (Å²) in [6.07, 6.45) is 0. The minimum absolute atomic E-state index is 0.260. The third kappa shape index (κ3) is 4.53. The molecule has 0 aliphatic heterocycles. The number of nitrogens with one attached hydrogen (secondary N) is 1. The van der Waals surface area contributed by atoms with Crippen molar-refractivity contribution in [2.75, 3.05) is 18.5 Å². The first-order valence-electron chi connectivity index (χ1n) is 6.83. The molecule has 4 heteroatoms. The van der Waals surface area contributed by atoms with Gasteiger partial charge in [0.25, 0.3) is 0 Å². The minimum Gasteiger partial charge on any atom is -0.492 e. The number of carboxylic acid groups (broad SMARTS) is 1. The van der Waals surface area contributed by atoms with Gasteiger partial charge in [0.1, 0.15) is 12.4 Å². The Morgan fingerprint density at radius 2 is 1.71 bits per heavy atom. The molecular formula is C17H19NO3. The summed E-state index contributed by atoms with van der Waals surface area (Å²) in [6.45, 7) is 5.33. The van der Waals surface area contributed by atoms with Crippen LogP contribution in [0.2, 0.25) is 0 Å². The van der Waals surface area contributed by atoms with Crippen LogP contribution in [0.5, 0.6) is 5.75 Å². The quantitative estimate of drug-likeness (QED) is 0.798. The van der Waals surface area contributed by atoms with E-state index in [2.05, 4.69) is 37.4 Å². The van der Waals surface area contributed by atoms with E-state index < -0.39 is 5.97 Å². The minimum atomic E-state index is -0.932. The summed E-state index contributed by atoms with van der Waals surface area (Å²) in [5, 5.41) is 12.1. The highest BCUT2D eigenvalue weighted by molar-refractivity contribution is 5.87. The normalized spacial score (nSPS) is 10.2. The van der Waals surface area contributed by atoms with Crippen LogP contribution in [0, 0.1) is 13.8 Å². The monoisotopic (exact) mass is 285 g/mol. The summed E-state index contributed by atoms with van der Waals surface area (Å²) in [6, 6.07) is 12.7. The molecule has 2 aromatic rings. The maximum Gasteiger partial charge on any atom is 0.335 e. The maximum atomic E-state index is 10.7. The van der Waals surface area contributed by atoms with E-state index in [0.29, 0.717) is 18.9 Å². The summed E-state index contributed by atoms with van der Waals surface area (Å²) in [4.78, 5) is 10.7. The number of rotatable bonds is 6. The zero-order valence-electron chi connectivity index (χ0n) is 12.2. The molecule has 0 spiro atoms. The molecule has 0 atom stereocenters. The summed E-state index contributed by atoms with van der Waals surface area (Å²) in [5.74, 6) is -0.264. The lowest BCUT2D eigenvalue weighted by molar-refractivity contribution is 0.0697. The van der Waals surface area contributed by atoms with Gasteiger partial charge in [-0.1, -0.05) is 6.07 Å². The molecular weight excluding hydrogens is 266 g/mol. The van der Waals surface area contributed by atoms with Crippen LogP contribution in [0.4, 0.5) is 5.69 Å². The fraction of sp³-hybridized carbons (Fsp3) is 0.235. The maximum absolute atomic E-state index is 10.7. The van der Waals surface area contributed by atoms with Gasteiger partial charge in [0.15, 0.2) is 0 Å². The Morgan fingerprint density at radius 3 is 2.29 bits per heavy atom. The fourth-order valence-electron chi connectivity index (χ4n) is 2.13. The number of hydrogen-bond acceptors (Lipinski definition) is 3. The number of carbonyl (C=O) groups is 1. The van der Waals surface area contributed by atoms with Gasteiger partial charge in [-0.25, -0.2) is 4.79 Å². The second-order valence-corrected chi connectivity index (χ2v) is 4.98. The Hall–Kier alpha value is -2.49. The largest absolute Gasteiger partial charge is 0.492 e. The molecule has 0 unspecified atom stereocenters. The molecule has 0 aliphatic rings. The van der Waals surface area contributed by atoms with E-state index in [0.717, 1.165) is 5.69 Å². The van der Waals surface area contributed by atoms with E-state index in [9.17, 15) is 4.79 Å². The third-order valence-corrected chi connectivity index (χ3v) is 3.02. The Morgan fingerprint density at radius 1 is 1.10 bits per heavy atom. The highest BCUT2D eigenvalue weighted by Gasteiger charge is 2.02. The van der Waals surface area contributed by atoms with Crippen molar-refractivity contribution in [3.8, 4) is 5.75 Å². The van der Waals surface area contributed by atoms with Crippen LogP contribution in [-0.4, -0.2) is 24.2 Å². The van der Waals surface area contributed by atoms with Crippen LogP contribution in [0.15, 0.2) is 42.5 Å². The second-order valence-electron chi connectivity index (χ2n) is 4.98. The first-order chi connectivity index (χ1) is 10.0. The molecule has 0 saturated heterocycles. The predicted octanol–water partition coefficient (Wildman–Crippen LogP) is 3.49. The van der Waals surface area contributed by atoms with Gasteiger partial charge < -0.3 is 15.2 Å². The number of carboxylic acids is 1. The summed E-state index contributed by atoms with van der Waals surface area (Å²) < 4.78 is 5.57. The molecule has 0 aliphatic carbocycles. The highest BCUT2D eigenvalue weighted by Crippen LogP contribution is 2.14. The molecule has 2 N–H and O–H groups in total. The predicted molar refractivity (Wildman–Crippen MR) is 83.3 cm³/mol. The second kappa shape index (κ2) is 6.79. The molecule has 0 bridgehead atoms. The van der Waals surface area contributed by atoms with Crippen molar-refractivity contribution < 1.29 is 14.6 Å². The van der Waals surface area contributed by atoms with Gasteiger partial charge in [0, 0.05) is 12.2 Å². The number of aromatic carboxylic acids is 1. The van der Waals surface area contributed by atoms with Gasteiger partial charge in [-0.05, 0) is 61.4 Å². The Kier molecular flexibility index (Phi) is 4.82. The topological polar surface area (TPSA) is 58.6 Å². The number of anilines is 1. The molecule has 0 heterocycles. The molecule has 2 rings (SSSR count). The van der Waals surface area contributed by atoms with E-state index in [1.807, 2.05) is 0 Å². The van der Waals surface area contributed by atoms with Crippen LogP contribution in [0.25, 0.3) is 0 Å². The van der Waals surface area contributed by atoms with Gasteiger partial charge in [-0.15, -0.1) is 0 Å². The molecule has 0 fully saturated rings. The number of benzene rings is 2. The van der Waals surface area contributed by atoms with Crippen molar-refractivity contribution in [3.63, 3.8) is 0 Å². The number of aryl methyl sites for hydroxylation is 2. The van der Waals surface area contributed by atoms with Crippen molar-refractivity contribution >= 4 is 11.7 Å². The van der Waals surface area contributed by atoms with E-state index in [1.165, 1.54) is 23.3 Å². The molecule has 0 amide bonds.